The van der Waals surface area contributed by atoms with Gasteiger partial charge in [0.15, 0.2) is 0 Å². The van der Waals surface area contributed by atoms with Crippen molar-refractivity contribution in [1.82, 2.24) is 15.7 Å². The number of aliphatic imine (C=N–C) groups is 1. The van der Waals surface area contributed by atoms with E-state index in [1.165, 1.54) is 5.56 Å². The van der Waals surface area contributed by atoms with Gasteiger partial charge in [-0.3, -0.25) is 15.4 Å². The number of aromatic nitrogens is 1. The summed E-state index contributed by atoms with van der Waals surface area (Å²) in [6.45, 7) is 3.85. The van der Waals surface area contributed by atoms with Crippen LogP contribution in [0.15, 0.2) is 89.1 Å². The molecule has 3 aromatic rings. The molecule has 0 spiro atoms. The Bertz CT molecular complexity index is 1120. The number of benzene rings is 2. The molecule has 1 aliphatic rings. The zero-order chi connectivity index (χ0) is 22.0. The van der Waals surface area contributed by atoms with Crippen LogP contribution in [0.5, 0.6) is 0 Å². The van der Waals surface area contributed by atoms with E-state index in [1.807, 2.05) is 55.5 Å². The molecule has 6 nitrogen and oxygen atoms in total. The number of fused-ring (bicyclic) bond motifs is 1. The first kappa shape index (κ1) is 21.5. The van der Waals surface area contributed by atoms with Crippen molar-refractivity contribution in [3.8, 4) is 0 Å². The van der Waals surface area contributed by atoms with Gasteiger partial charge in [-0.25, -0.2) is 0 Å². The fourth-order valence-corrected chi connectivity index (χ4v) is 3.44. The lowest BCUT2D eigenvalue weighted by molar-refractivity contribution is 0.285. The largest absolute Gasteiger partial charge is 0.470 e. The summed E-state index contributed by atoms with van der Waals surface area (Å²) in [5.41, 5.74) is 9.00. The lowest BCUT2D eigenvalue weighted by Gasteiger charge is -2.19. The Hall–Kier alpha value is -3.77. The highest BCUT2D eigenvalue weighted by Gasteiger charge is 2.19. The number of nitrogens with zero attached hydrogens (tertiary/aromatic N) is 3. The molecular weight excluding hydrogens is 398 g/mol. The third kappa shape index (κ3) is 5.68. The van der Waals surface area contributed by atoms with Gasteiger partial charge < -0.3 is 10.1 Å². The normalized spacial score (nSPS) is 14.2. The molecule has 162 valence electrons. The minimum atomic E-state index is 0.346. The fraction of sp³-hybridized carbons (Fsp3) is 0.192. The third-order valence-corrected chi connectivity index (χ3v) is 5.04. The predicted octanol–water partition coefficient (Wildman–Crippen LogP) is 4.28. The number of hydrazone groups is 1. The molecule has 2 heterocycles. The van der Waals surface area contributed by atoms with Crippen LogP contribution in [0.25, 0.3) is 5.70 Å². The van der Waals surface area contributed by atoms with E-state index in [-0.39, 0.29) is 0 Å². The Kier molecular flexibility index (Phi) is 7.39. The van der Waals surface area contributed by atoms with Crippen LogP contribution in [-0.4, -0.2) is 23.6 Å². The Morgan fingerprint density at radius 2 is 1.72 bits per heavy atom. The summed E-state index contributed by atoms with van der Waals surface area (Å²) in [5, 5.41) is 7.86. The number of hydrogen-bond acceptors (Lipinski definition) is 6. The molecule has 0 amide bonds. The Morgan fingerprint density at radius 3 is 2.56 bits per heavy atom. The monoisotopic (exact) mass is 425 g/mol. The second-order valence-electron chi connectivity index (χ2n) is 7.35. The van der Waals surface area contributed by atoms with E-state index in [4.69, 9.17) is 9.72 Å². The van der Waals surface area contributed by atoms with Crippen LogP contribution in [0.4, 0.5) is 0 Å². The van der Waals surface area contributed by atoms with E-state index < -0.39 is 0 Å². The van der Waals surface area contributed by atoms with E-state index in [9.17, 15) is 0 Å². The topological polar surface area (TPSA) is 70.9 Å². The number of pyridine rings is 1. The first-order chi connectivity index (χ1) is 15.8. The molecule has 0 atom stereocenters. The third-order valence-electron chi connectivity index (χ3n) is 5.04. The number of hydrogen-bond donors (Lipinski definition) is 2. The number of ether oxygens (including phenoxy) is 1. The van der Waals surface area contributed by atoms with E-state index in [0.29, 0.717) is 12.5 Å². The number of nitrogens with one attached hydrogen (secondary N) is 2. The van der Waals surface area contributed by atoms with Crippen LogP contribution < -0.4 is 10.7 Å². The average Bonchev–Trinajstić information content (AvgIpc) is 2.85. The van der Waals surface area contributed by atoms with E-state index >= 15 is 0 Å². The van der Waals surface area contributed by atoms with Gasteiger partial charge >= 0.3 is 0 Å². The van der Waals surface area contributed by atoms with Crippen LogP contribution in [0.3, 0.4) is 0 Å². The molecule has 0 fully saturated rings. The van der Waals surface area contributed by atoms with Gasteiger partial charge in [0.1, 0.15) is 6.61 Å². The lowest BCUT2D eigenvalue weighted by Crippen LogP contribution is -2.22. The molecule has 0 saturated heterocycles. The van der Waals surface area contributed by atoms with Gasteiger partial charge in [0.25, 0.3) is 0 Å². The van der Waals surface area contributed by atoms with E-state index in [1.54, 1.807) is 12.4 Å². The molecule has 2 aromatic carbocycles. The summed E-state index contributed by atoms with van der Waals surface area (Å²) < 4.78 is 6.03. The van der Waals surface area contributed by atoms with Gasteiger partial charge in [-0.15, -0.1) is 5.10 Å². The summed E-state index contributed by atoms with van der Waals surface area (Å²) in [6, 6.07) is 24.5. The highest BCUT2D eigenvalue weighted by Crippen LogP contribution is 2.23. The summed E-state index contributed by atoms with van der Waals surface area (Å²) in [5.74, 6) is 0.548. The minimum Gasteiger partial charge on any atom is -0.470 e. The zero-order valence-corrected chi connectivity index (χ0v) is 18.2. The summed E-state index contributed by atoms with van der Waals surface area (Å²) in [7, 11) is 0. The van der Waals surface area contributed by atoms with Crippen molar-refractivity contribution < 1.29 is 4.74 Å². The van der Waals surface area contributed by atoms with Gasteiger partial charge in [0, 0.05) is 23.9 Å². The Labute approximate surface area is 188 Å². The smallest absolute Gasteiger partial charge is 0.239 e. The van der Waals surface area contributed by atoms with Crippen LogP contribution >= 0.6 is 0 Å². The summed E-state index contributed by atoms with van der Waals surface area (Å²) in [4.78, 5) is 8.91. The maximum Gasteiger partial charge on any atom is 0.239 e. The van der Waals surface area contributed by atoms with Crippen molar-refractivity contribution in [3.63, 3.8) is 0 Å². The van der Waals surface area contributed by atoms with Gasteiger partial charge in [0.05, 0.1) is 23.3 Å². The van der Waals surface area contributed by atoms with Crippen molar-refractivity contribution >= 4 is 17.8 Å². The lowest BCUT2D eigenvalue weighted by atomic mass is 10.0. The standard InChI is InChI=1S/C26H27N5O/c1-2-27-18-25-23-13-6-7-14-24(23)26(31-30-25)32-19-22-12-8-11-21(29-22)17-28-16-15-20-9-4-3-5-10-20/h2-14,18,28,30H,15-17,19H2,1H3/b25-18-,27-2?. The molecule has 0 unspecified atom stereocenters. The van der Waals surface area contributed by atoms with Crippen molar-refractivity contribution in [1.29, 1.82) is 0 Å². The van der Waals surface area contributed by atoms with Crippen LogP contribution in [-0.2, 0) is 24.3 Å². The van der Waals surface area contributed by atoms with E-state index in [2.05, 4.69) is 45.1 Å². The maximum absolute atomic E-state index is 6.03. The average molecular weight is 426 g/mol. The minimum absolute atomic E-state index is 0.346. The van der Waals surface area contributed by atoms with Crippen molar-refractivity contribution in [2.75, 3.05) is 6.54 Å². The van der Waals surface area contributed by atoms with Crippen LogP contribution in [0.2, 0.25) is 0 Å². The molecule has 0 aliphatic carbocycles. The first-order valence-electron chi connectivity index (χ1n) is 10.8. The van der Waals surface area contributed by atoms with Gasteiger partial charge in [-0.2, -0.15) is 0 Å². The summed E-state index contributed by atoms with van der Waals surface area (Å²) in [6.07, 6.45) is 4.49. The van der Waals surface area contributed by atoms with E-state index in [0.717, 1.165) is 47.7 Å². The second kappa shape index (κ2) is 11.0. The van der Waals surface area contributed by atoms with Crippen molar-refractivity contribution in [2.45, 2.75) is 26.5 Å². The molecule has 32 heavy (non-hydrogen) atoms. The van der Waals surface area contributed by atoms with Crippen LogP contribution in [0, 0.1) is 0 Å². The maximum atomic E-state index is 6.03. The highest BCUT2D eigenvalue weighted by molar-refractivity contribution is 6.01. The fourth-order valence-electron chi connectivity index (χ4n) is 3.44. The SMILES string of the molecule is CC=N/C=C1\NN=C(OCc2cccc(CNCCc3ccccc3)n2)c2ccccc21. The Balaban J connectivity index is 1.34. The molecule has 0 bridgehead atoms. The molecule has 2 N–H and O–H groups in total. The molecule has 1 aliphatic heterocycles. The molecule has 0 radical (unpaired) electrons. The molecule has 6 heteroatoms. The molecule has 0 saturated carbocycles. The van der Waals surface area contributed by atoms with Crippen molar-refractivity contribution in [2.24, 2.45) is 10.1 Å². The first-order valence-corrected chi connectivity index (χ1v) is 10.8. The molecule has 4 rings (SSSR count). The van der Waals surface area contributed by atoms with Gasteiger partial charge in [0.2, 0.25) is 5.90 Å². The van der Waals surface area contributed by atoms with Crippen molar-refractivity contribution in [3.05, 3.63) is 107 Å². The number of rotatable bonds is 8. The van der Waals surface area contributed by atoms with Crippen LogP contribution in [0.1, 0.15) is 35.0 Å². The molecular formula is C26H27N5O. The summed E-state index contributed by atoms with van der Waals surface area (Å²) >= 11 is 0. The zero-order valence-electron chi connectivity index (χ0n) is 18.2. The quantitative estimate of drug-likeness (QED) is 0.417. The highest BCUT2D eigenvalue weighted by atomic mass is 16.5. The molecule has 1 aromatic heterocycles. The second-order valence-corrected chi connectivity index (χ2v) is 7.35. The predicted molar refractivity (Wildman–Crippen MR) is 129 cm³/mol. The van der Waals surface area contributed by atoms with Gasteiger partial charge in [-0.1, -0.05) is 54.6 Å². The Morgan fingerprint density at radius 1 is 0.938 bits per heavy atom. The van der Waals surface area contributed by atoms with Gasteiger partial charge in [-0.05, 0) is 43.7 Å².